The molecule has 0 aromatic rings. The monoisotopic (exact) mass is 362 g/mol. The second kappa shape index (κ2) is 30.8. The van der Waals surface area contributed by atoms with E-state index in [0.717, 1.165) is 34.6 Å². The molecule has 0 aliphatic rings. The molecule has 21 heavy (non-hydrogen) atoms. The molecule has 11 heteroatoms. The molecule has 0 rings (SSSR count). The molecule has 0 heterocycles. The van der Waals surface area contributed by atoms with E-state index in [-0.39, 0.29) is 19.5 Å². The van der Waals surface area contributed by atoms with Gasteiger partial charge in [0.1, 0.15) is 0 Å². The average Bonchev–Trinajstić information content (AvgIpc) is 1.94. The van der Waals surface area contributed by atoms with Crippen LogP contribution in [0.4, 0.5) is 0 Å². The molecule has 0 aromatic heterocycles. The molecule has 0 saturated carbocycles. The second-order valence-corrected chi connectivity index (χ2v) is 2.54. The van der Waals surface area contributed by atoms with Gasteiger partial charge in [-0.05, 0) is 13.8 Å². The van der Waals surface area contributed by atoms with Crippen LogP contribution in [0.1, 0.15) is 34.6 Å². The van der Waals surface area contributed by atoms with E-state index in [9.17, 15) is 0 Å². The summed E-state index contributed by atoms with van der Waals surface area (Å²) in [6.07, 6.45) is 0. The summed E-state index contributed by atoms with van der Waals surface area (Å²) in [5.41, 5.74) is 0. The van der Waals surface area contributed by atoms with Crippen LogP contribution < -0.4 is 10.2 Å². The summed E-state index contributed by atoms with van der Waals surface area (Å²) in [5.74, 6) is -4.67. The Kier molecular flexibility index (Phi) is 53.4. The van der Waals surface area contributed by atoms with Gasteiger partial charge in [-0.3, -0.25) is 14.4 Å². The molecular weight excluding hydrogens is 345 g/mol. The number of carbonyl (C=O) groups is 5. The molecular formula is C10H18O10Zn. The maximum absolute atomic E-state index is 9.00. The van der Waals surface area contributed by atoms with Gasteiger partial charge in [-0.1, -0.05) is 0 Å². The van der Waals surface area contributed by atoms with Crippen molar-refractivity contribution in [2.75, 3.05) is 0 Å². The molecule has 0 amide bonds. The number of carboxylic acids is 5. The molecule has 120 valence electrons. The molecule has 0 unspecified atom stereocenters. The Morgan fingerprint density at radius 3 is 0.571 bits per heavy atom. The predicted molar refractivity (Wildman–Crippen MR) is 61.3 cm³/mol. The minimum atomic E-state index is -1.08. The van der Waals surface area contributed by atoms with Gasteiger partial charge < -0.3 is 35.1 Å². The van der Waals surface area contributed by atoms with Crippen LogP contribution in [-0.4, -0.2) is 45.2 Å². The van der Waals surface area contributed by atoms with Crippen molar-refractivity contribution in [3.63, 3.8) is 0 Å². The van der Waals surface area contributed by atoms with Crippen molar-refractivity contribution in [1.29, 1.82) is 0 Å². The molecule has 0 fully saturated rings. The van der Waals surface area contributed by atoms with E-state index in [2.05, 4.69) is 0 Å². The number of hydrogen-bond donors (Lipinski definition) is 3. The number of carbonyl (C=O) groups excluding carboxylic acids is 2. The summed E-state index contributed by atoms with van der Waals surface area (Å²) in [4.78, 5) is 44.8. The van der Waals surface area contributed by atoms with Crippen molar-refractivity contribution >= 4 is 29.8 Å². The van der Waals surface area contributed by atoms with E-state index < -0.39 is 29.8 Å². The van der Waals surface area contributed by atoms with E-state index in [1.807, 2.05) is 0 Å². The Bertz CT molecular complexity index is 211. The van der Waals surface area contributed by atoms with Crippen LogP contribution in [0.5, 0.6) is 0 Å². The van der Waals surface area contributed by atoms with Crippen molar-refractivity contribution in [2.45, 2.75) is 34.6 Å². The van der Waals surface area contributed by atoms with Crippen LogP contribution in [0, 0.1) is 0 Å². The van der Waals surface area contributed by atoms with E-state index in [4.69, 9.17) is 49.5 Å². The molecule has 0 bridgehead atoms. The number of aliphatic carboxylic acids is 5. The molecule has 0 saturated heterocycles. The van der Waals surface area contributed by atoms with E-state index in [1.54, 1.807) is 0 Å². The minimum Gasteiger partial charge on any atom is -0.550 e. The number of hydrogen-bond acceptors (Lipinski definition) is 7. The van der Waals surface area contributed by atoms with Gasteiger partial charge in [0, 0.05) is 32.7 Å². The summed E-state index contributed by atoms with van der Waals surface area (Å²) in [5, 5.41) is 40.0. The Labute approximate surface area is 134 Å². The topological polar surface area (TPSA) is 192 Å². The summed E-state index contributed by atoms with van der Waals surface area (Å²) < 4.78 is 0. The minimum absolute atomic E-state index is 0. The summed E-state index contributed by atoms with van der Waals surface area (Å²) >= 11 is 0. The van der Waals surface area contributed by atoms with Crippen LogP contribution in [-0.2, 0) is 43.5 Å². The van der Waals surface area contributed by atoms with E-state index in [1.165, 1.54) is 0 Å². The van der Waals surface area contributed by atoms with E-state index >= 15 is 0 Å². The smallest absolute Gasteiger partial charge is 0.550 e. The normalized spacial score (nSPS) is 5.95. The first-order chi connectivity index (χ1) is 8.66. The third kappa shape index (κ3) is 1120. The van der Waals surface area contributed by atoms with Gasteiger partial charge >= 0.3 is 19.5 Å². The Morgan fingerprint density at radius 1 is 0.571 bits per heavy atom. The predicted octanol–water partition coefficient (Wildman–Crippen LogP) is -2.22. The molecule has 0 spiro atoms. The maximum atomic E-state index is 9.00. The van der Waals surface area contributed by atoms with Crippen LogP contribution in [0.3, 0.4) is 0 Å². The van der Waals surface area contributed by atoms with Gasteiger partial charge in [-0.2, -0.15) is 0 Å². The molecule has 3 N–H and O–H groups in total. The molecule has 10 nitrogen and oxygen atoms in total. The summed E-state index contributed by atoms with van der Waals surface area (Å²) in [6, 6.07) is 0. The van der Waals surface area contributed by atoms with Crippen LogP contribution in [0.2, 0.25) is 0 Å². The zero-order valence-corrected chi connectivity index (χ0v) is 15.4. The van der Waals surface area contributed by atoms with Gasteiger partial charge in [0.05, 0.1) is 0 Å². The number of rotatable bonds is 0. The second-order valence-electron chi connectivity index (χ2n) is 2.54. The summed E-state index contributed by atoms with van der Waals surface area (Å²) in [6.45, 7) is 5.19. The first kappa shape index (κ1) is 36.4. The van der Waals surface area contributed by atoms with Gasteiger partial charge in [0.25, 0.3) is 17.9 Å². The van der Waals surface area contributed by atoms with E-state index in [0.29, 0.717) is 0 Å². The quantitative estimate of drug-likeness (QED) is 0.397. The van der Waals surface area contributed by atoms with Crippen LogP contribution >= 0.6 is 0 Å². The van der Waals surface area contributed by atoms with Crippen molar-refractivity contribution in [2.24, 2.45) is 0 Å². The van der Waals surface area contributed by atoms with Crippen molar-refractivity contribution < 1.29 is 69.0 Å². The Hall–Kier alpha value is -2.03. The van der Waals surface area contributed by atoms with Gasteiger partial charge in [0.2, 0.25) is 0 Å². The SMILES string of the molecule is CC(=O)O.CC(=O)O.CC(=O)O.CC(=O)[O-].CC(=O)[O-].[Zn+2]. The van der Waals surface area contributed by atoms with Crippen LogP contribution in [0.25, 0.3) is 0 Å². The van der Waals surface area contributed by atoms with Crippen LogP contribution in [0.15, 0.2) is 0 Å². The Morgan fingerprint density at radius 2 is 0.571 bits per heavy atom. The first-order valence-corrected chi connectivity index (χ1v) is 4.60. The first-order valence-electron chi connectivity index (χ1n) is 4.60. The average molecular weight is 364 g/mol. The third-order valence-corrected chi connectivity index (χ3v) is 0. The zero-order valence-electron chi connectivity index (χ0n) is 12.4. The molecule has 0 atom stereocenters. The number of carboxylic acid groups (broad SMARTS) is 5. The fourth-order valence-corrected chi connectivity index (χ4v) is 0. The summed E-state index contributed by atoms with van der Waals surface area (Å²) in [7, 11) is 0. The van der Waals surface area contributed by atoms with Gasteiger partial charge in [-0.15, -0.1) is 0 Å². The third-order valence-electron chi connectivity index (χ3n) is 0. The largest absolute Gasteiger partial charge is 2.00 e. The van der Waals surface area contributed by atoms with Crippen molar-refractivity contribution in [3.05, 3.63) is 0 Å². The zero-order chi connectivity index (χ0) is 17.9. The maximum Gasteiger partial charge on any atom is 2.00 e. The van der Waals surface area contributed by atoms with Crippen molar-refractivity contribution in [3.8, 4) is 0 Å². The van der Waals surface area contributed by atoms with Gasteiger partial charge in [0.15, 0.2) is 0 Å². The molecule has 0 aliphatic heterocycles. The molecule has 0 aromatic carbocycles. The molecule has 0 aliphatic carbocycles. The molecule has 0 radical (unpaired) electrons. The fraction of sp³-hybridized carbons (Fsp3) is 0.500. The Balaban J connectivity index is -0.0000000331. The standard InChI is InChI=1S/5C2H4O2.Zn/c5*1-2(3)4;/h5*1H3,(H,3,4);/q;;;;;+2/p-2. The van der Waals surface area contributed by atoms with Gasteiger partial charge in [-0.25, -0.2) is 0 Å². The fourth-order valence-electron chi connectivity index (χ4n) is 0. The van der Waals surface area contributed by atoms with Crippen molar-refractivity contribution in [1.82, 2.24) is 0 Å².